The molecule has 27 aromatic rings. The van der Waals surface area contributed by atoms with Gasteiger partial charge in [-0.2, -0.15) is 47.4 Å². The third kappa shape index (κ3) is 14.6. The Morgan fingerprint density at radius 1 is 0.133 bits per heavy atom. The van der Waals surface area contributed by atoms with Crippen LogP contribution in [0.25, 0.3) is 232 Å². The van der Waals surface area contributed by atoms with E-state index in [9.17, 15) is 47.4 Å². The molecule has 6 heterocycles. The van der Waals surface area contributed by atoms with E-state index in [4.69, 9.17) is 0 Å². The van der Waals surface area contributed by atoms with Crippen LogP contribution in [0.3, 0.4) is 0 Å². The topological polar surface area (TPSA) is 244 Å². The molecular weight excluding hydrogens is 1830 g/mol. The molecule has 27 rings (SSSR count). The second kappa shape index (κ2) is 37.0. The summed E-state index contributed by atoms with van der Waals surface area (Å²) in [4.78, 5) is 0. The Bertz CT molecular complexity index is 10700. The average molecular weight is 1910 g/mol. The standard InChI is InChI=1S/3C45H25N5/c46-26-29-19-24-42-38(25-29)36-13-3-4-15-39(36)49(42)33-22-20-30(21-23-33)44-31(27-47)9-7-14-37(44)45-32(28-48)10-8-18-43(45)50-40-16-5-1-11-34(40)35-12-2-6-17-41(35)50;46-26-29-16-22-37(45-32(28-48)8-7-15-44(45)50-41-13-5-1-9-34(41)35-10-2-6-14-42(35)50)38(24-29)31-18-20-33(21-19-31)49-40-12-4-3-11-36(40)39-25-30(27-47)17-23-43(39)49;46-26-29-20-22-43-38(24-29)36-14-5-8-18-42(36)49(43)39-23-21-30(25-32(39)28-48)33-11-1-2-15-37(33)45-31(27-47)10-9-19-44(45)50-40-16-6-3-12-34(40)35-13-4-7-17-41(35)50/h3*1-25H. The van der Waals surface area contributed by atoms with Gasteiger partial charge in [0, 0.05) is 98.3 Å². The third-order valence-corrected chi connectivity index (χ3v) is 28.9. The van der Waals surface area contributed by atoms with E-state index in [1.807, 2.05) is 267 Å². The minimum Gasteiger partial charge on any atom is -0.309 e. The Balaban J connectivity index is 0.000000116. The van der Waals surface area contributed by atoms with E-state index in [2.05, 4.69) is 270 Å². The minimum atomic E-state index is 0.514. The number of aromatic nitrogens is 6. The number of fused-ring (bicyclic) bond motifs is 18. The van der Waals surface area contributed by atoms with E-state index < -0.39 is 0 Å². The maximum Gasteiger partial charge on any atom is 0.101 e. The van der Waals surface area contributed by atoms with Gasteiger partial charge in [0.25, 0.3) is 0 Å². The van der Waals surface area contributed by atoms with Gasteiger partial charge in [0.15, 0.2) is 0 Å². The summed E-state index contributed by atoms with van der Waals surface area (Å²) < 4.78 is 13.2. The van der Waals surface area contributed by atoms with Crippen molar-refractivity contribution in [2.45, 2.75) is 0 Å². The van der Waals surface area contributed by atoms with Crippen LogP contribution in [0.5, 0.6) is 0 Å². The molecule has 690 valence electrons. The van der Waals surface area contributed by atoms with Crippen molar-refractivity contribution in [3.8, 4) is 156 Å². The molecule has 0 radical (unpaired) electrons. The molecule has 0 spiro atoms. The summed E-state index contributed by atoms with van der Waals surface area (Å²) in [6.45, 7) is 0. The summed E-state index contributed by atoms with van der Waals surface area (Å²) in [5, 5.41) is 104. The van der Waals surface area contributed by atoms with Crippen molar-refractivity contribution in [1.82, 2.24) is 27.4 Å². The molecule has 0 aliphatic heterocycles. The lowest BCUT2D eigenvalue weighted by Gasteiger charge is -2.19. The molecule has 6 aromatic heterocycles. The van der Waals surface area contributed by atoms with Gasteiger partial charge in [0.05, 0.1) is 188 Å². The fraction of sp³-hybridized carbons (Fsp3) is 0. The SMILES string of the molecule is N#Cc1ccc(-c2c(C#N)cccc2-n2c3ccccc3c3ccccc32)c(-c2ccc(-n3c4ccccc4c4cc(C#N)ccc43)cc2)c1.N#Cc1ccc2c(c1)c1ccccc1n2-c1ccc(-c2c(C#N)cccc2-c2c(C#N)cccc2-n2c3ccccc3c3ccccc32)cc1.N#Cc1ccc2c(c1)c1ccccc1n2-c1ccc(-c2ccccc2-c2c(C#N)cccc2-n2c3ccccc3c3ccccc32)cc1C#N. The van der Waals surface area contributed by atoms with Gasteiger partial charge in [-0.15, -0.1) is 0 Å². The van der Waals surface area contributed by atoms with Crippen molar-refractivity contribution in [2.24, 2.45) is 0 Å². The first-order valence-electron chi connectivity index (χ1n) is 48.9. The molecule has 15 heteroatoms. The van der Waals surface area contributed by atoms with Crippen molar-refractivity contribution >= 4 is 131 Å². The van der Waals surface area contributed by atoms with E-state index in [1.165, 1.54) is 0 Å². The third-order valence-electron chi connectivity index (χ3n) is 28.9. The average Bonchev–Trinajstić information content (AvgIpc) is 1.57. The van der Waals surface area contributed by atoms with Crippen LogP contribution in [-0.2, 0) is 0 Å². The van der Waals surface area contributed by atoms with Crippen molar-refractivity contribution in [3.05, 3.63) is 505 Å². The lowest BCUT2D eigenvalue weighted by molar-refractivity contribution is 1.17. The zero-order valence-electron chi connectivity index (χ0n) is 80.0. The second-order valence-corrected chi connectivity index (χ2v) is 36.8. The van der Waals surface area contributed by atoms with E-state index >= 15 is 0 Å². The van der Waals surface area contributed by atoms with Gasteiger partial charge in [-0.05, 0) is 245 Å². The van der Waals surface area contributed by atoms with Crippen LogP contribution in [0, 0.1) is 102 Å². The maximum atomic E-state index is 10.6. The molecule has 15 nitrogen and oxygen atoms in total. The van der Waals surface area contributed by atoms with Crippen molar-refractivity contribution in [2.75, 3.05) is 0 Å². The molecule has 0 unspecified atom stereocenters. The van der Waals surface area contributed by atoms with Gasteiger partial charge in [-0.25, -0.2) is 0 Å². The van der Waals surface area contributed by atoms with Gasteiger partial charge in [0.2, 0.25) is 0 Å². The predicted octanol–water partition coefficient (Wildman–Crippen LogP) is 32.5. The van der Waals surface area contributed by atoms with Gasteiger partial charge in [-0.1, -0.05) is 255 Å². The highest BCUT2D eigenvalue weighted by atomic mass is 15.0. The van der Waals surface area contributed by atoms with Crippen LogP contribution < -0.4 is 0 Å². The van der Waals surface area contributed by atoms with E-state index in [0.717, 1.165) is 232 Å². The predicted molar refractivity (Wildman–Crippen MR) is 600 cm³/mol. The molecule has 0 fully saturated rings. The molecule has 0 N–H and O–H groups in total. The highest BCUT2D eigenvalue weighted by Crippen LogP contribution is 2.49. The smallest absolute Gasteiger partial charge is 0.101 e. The van der Waals surface area contributed by atoms with E-state index in [1.54, 1.807) is 0 Å². The Hall–Kier alpha value is -22.2. The van der Waals surface area contributed by atoms with E-state index in [-0.39, 0.29) is 0 Å². The molecule has 0 aliphatic carbocycles. The van der Waals surface area contributed by atoms with Crippen molar-refractivity contribution in [1.29, 1.82) is 47.4 Å². The molecule has 0 atom stereocenters. The van der Waals surface area contributed by atoms with Gasteiger partial charge in [0.1, 0.15) is 6.07 Å². The highest BCUT2D eigenvalue weighted by molar-refractivity contribution is 6.16. The Morgan fingerprint density at radius 2 is 0.387 bits per heavy atom. The number of nitriles is 9. The van der Waals surface area contributed by atoms with Gasteiger partial charge < -0.3 is 27.4 Å². The normalized spacial score (nSPS) is 11.1. The molecule has 21 aromatic carbocycles. The molecule has 0 aliphatic rings. The minimum absolute atomic E-state index is 0.514. The van der Waals surface area contributed by atoms with Crippen LogP contribution in [0.2, 0.25) is 0 Å². The van der Waals surface area contributed by atoms with Crippen molar-refractivity contribution in [3.63, 3.8) is 0 Å². The lowest BCUT2D eigenvalue weighted by Crippen LogP contribution is -2.01. The molecular formula is C135H75N15. The van der Waals surface area contributed by atoms with Crippen LogP contribution in [0.4, 0.5) is 0 Å². The first-order chi connectivity index (χ1) is 74.1. The summed E-state index contributed by atoms with van der Waals surface area (Å²) in [6, 6.07) is 173. The Kier molecular flexibility index (Phi) is 22.0. The maximum absolute atomic E-state index is 10.6. The molecule has 0 bridgehead atoms. The van der Waals surface area contributed by atoms with Crippen LogP contribution >= 0.6 is 0 Å². The van der Waals surface area contributed by atoms with E-state index in [0.29, 0.717) is 50.1 Å². The second-order valence-electron chi connectivity index (χ2n) is 36.8. The highest BCUT2D eigenvalue weighted by Gasteiger charge is 2.29. The Morgan fingerprint density at radius 3 is 0.740 bits per heavy atom. The Labute approximate surface area is 860 Å². The number of hydrogen-bond donors (Lipinski definition) is 0. The number of hydrogen-bond acceptors (Lipinski definition) is 9. The fourth-order valence-corrected chi connectivity index (χ4v) is 22.5. The summed E-state index contributed by atoms with van der Waals surface area (Å²) in [7, 11) is 0. The summed E-state index contributed by atoms with van der Waals surface area (Å²) in [6.07, 6.45) is 0. The number of rotatable bonds is 12. The quantitative estimate of drug-likeness (QED) is 0.113. The van der Waals surface area contributed by atoms with Crippen LogP contribution in [0.15, 0.2) is 455 Å². The lowest BCUT2D eigenvalue weighted by atomic mass is 9.88. The zero-order chi connectivity index (χ0) is 101. The van der Waals surface area contributed by atoms with Crippen molar-refractivity contribution < 1.29 is 0 Å². The number of nitrogens with zero attached hydrogens (tertiary/aromatic N) is 15. The van der Waals surface area contributed by atoms with Crippen LogP contribution in [0.1, 0.15) is 50.1 Å². The fourth-order valence-electron chi connectivity index (χ4n) is 22.5. The van der Waals surface area contributed by atoms with Gasteiger partial charge >= 0.3 is 0 Å². The zero-order valence-corrected chi connectivity index (χ0v) is 80.0. The first kappa shape index (κ1) is 89.2. The monoisotopic (exact) mass is 1910 g/mol. The molecule has 0 saturated heterocycles. The summed E-state index contributed by atoms with van der Waals surface area (Å²) in [5.41, 5.74) is 33.0. The van der Waals surface area contributed by atoms with Gasteiger partial charge in [-0.3, -0.25) is 0 Å². The summed E-state index contributed by atoms with van der Waals surface area (Å²) >= 11 is 0. The molecule has 0 saturated carbocycles. The number of para-hydroxylation sites is 9. The first-order valence-corrected chi connectivity index (χ1v) is 48.9. The summed E-state index contributed by atoms with van der Waals surface area (Å²) in [5.74, 6) is 0. The largest absolute Gasteiger partial charge is 0.309 e. The van der Waals surface area contributed by atoms with Crippen LogP contribution in [-0.4, -0.2) is 27.4 Å². The molecule has 150 heavy (non-hydrogen) atoms. The molecule has 0 amide bonds. The number of benzene rings is 21.